The van der Waals surface area contributed by atoms with Gasteiger partial charge in [-0.1, -0.05) is 17.7 Å². The number of hydrogen-bond donors (Lipinski definition) is 0. The van der Waals surface area contributed by atoms with E-state index in [-0.39, 0.29) is 17.5 Å². The van der Waals surface area contributed by atoms with Crippen LogP contribution in [0, 0.1) is 12.7 Å². The molecule has 2 aromatic rings. The van der Waals surface area contributed by atoms with Gasteiger partial charge < -0.3 is 4.74 Å². The van der Waals surface area contributed by atoms with Crippen molar-refractivity contribution in [2.24, 2.45) is 0 Å². The summed E-state index contributed by atoms with van der Waals surface area (Å²) in [7, 11) is 0. The molecule has 0 atom stereocenters. The second kappa shape index (κ2) is 5.55. The molecule has 0 N–H and O–H groups in total. The molecular weight excluding hydrogens is 276 g/mol. The van der Waals surface area contributed by atoms with E-state index in [0.717, 1.165) is 5.56 Å². The average Bonchev–Trinajstić information content (AvgIpc) is 2.36. The van der Waals surface area contributed by atoms with Crippen LogP contribution in [-0.4, -0.2) is 4.98 Å². The van der Waals surface area contributed by atoms with Gasteiger partial charge in [-0.2, -0.15) is 0 Å². The first-order valence-corrected chi connectivity index (χ1v) is 6.17. The van der Waals surface area contributed by atoms with Crippen LogP contribution in [0.25, 0.3) is 0 Å². The molecule has 0 spiro atoms. The third-order valence-electron chi connectivity index (χ3n) is 2.32. The van der Waals surface area contributed by atoms with Gasteiger partial charge in [-0.3, -0.25) is 0 Å². The Morgan fingerprint density at radius 3 is 2.78 bits per heavy atom. The summed E-state index contributed by atoms with van der Waals surface area (Å²) < 4.78 is 18.9. The van der Waals surface area contributed by atoms with Gasteiger partial charge in [0.1, 0.15) is 0 Å². The molecule has 5 heteroatoms. The highest BCUT2D eigenvalue weighted by Gasteiger charge is 2.08. The zero-order chi connectivity index (χ0) is 13.1. The molecule has 94 valence electrons. The molecular formula is C13H10Cl2FNO. The zero-order valence-corrected chi connectivity index (χ0v) is 11.1. The lowest BCUT2D eigenvalue weighted by atomic mass is 10.2. The van der Waals surface area contributed by atoms with Crippen molar-refractivity contribution in [2.45, 2.75) is 12.8 Å². The second-order valence-electron chi connectivity index (χ2n) is 3.75. The number of rotatable bonds is 3. The van der Waals surface area contributed by atoms with Crippen LogP contribution in [-0.2, 0) is 5.88 Å². The van der Waals surface area contributed by atoms with E-state index in [2.05, 4.69) is 4.98 Å². The number of aromatic nitrogens is 1. The van der Waals surface area contributed by atoms with Crippen LogP contribution in [0.2, 0.25) is 5.02 Å². The van der Waals surface area contributed by atoms with Crippen LogP contribution >= 0.6 is 23.2 Å². The van der Waals surface area contributed by atoms with Gasteiger partial charge in [-0.15, -0.1) is 11.6 Å². The van der Waals surface area contributed by atoms with Gasteiger partial charge in [-0.05, 0) is 30.7 Å². The van der Waals surface area contributed by atoms with Crippen LogP contribution in [0.1, 0.15) is 11.3 Å². The number of alkyl halides is 1. The third-order valence-corrected chi connectivity index (χ3v) is 2.92. The van der Waals surface area contributed by atoms with Crippen molar-refractivity contribution in [2.75, 3.05) is 0 Å². The Labute approximate surface area is 114 Å². The molecule has 0 aliphatic carbocycles. The van der Waals surface area contributed by atoms with Gasteiger partial charge in [0.2, 0.25) is 5.88 Å². The molecule has 0 amide bonds. The predicted octanol–water partition coefficient (Wildman–Crippen LogP) is 4.71. The summed E-state index contributed by atoms with van der Waals surface area (Å²) in [4.78, 5) is 4.10. The Balaban J connectivity index is 2.31. The topological polar surface area (TPSA) is 22.1 Å². The first kappa shape index (κ1) is 13.1. The molecule has 2 nitrogen and oxygen atoms in total. The number of hydrogen-bond acceptors (Lipinski definition) is 2. The summed E-state index contributed by atoms with van der Waals surface area (Å²) in [5.41, 5.74) is 1.40. The summed E-state index contributed by atoms with van der Waals surface area (Å²) in [5.74, 6) is 0.126. The summed E-state index contributed by atoms with van der Waals surface area (Å²) in [6, 6.07) is 7.81. The molecule has 0 saturated heterocycles. The molecule has 1 heterocycles. The quantitative estimate of drug-likeness (QED) is 0.762. The van der Waals surface area contributed by atoms with E-state index in [4.69, 9.17) is 27.9 Å². The Kier molecular flexibility index (Phi) is 4.04. The van der Waals surface area contributed by atoms with Gasteiger partial charge >= 0.3 is 0 Å². The third kappa shape index (κ3) is 2.92. The lowest BCUT2D eigenvalue weighted by Gasteiger charge is -2.08. The molecule has 0 saturated carbocycles. The number of nitrogens with zero attached hydrogens (tertiary/aromatic N) is 1. The van der Waals surface area contributed by atoms with Crippen LogP contribution in [0.15, 0.2) is 30.3 Å². The number of aryl methyl sites for hydroxylation is 1. The molecule has 0 aliphatic rings. The Bertz CT molecular complexity index is 575. The molecule has 0 aliphatic heterocycles. The molecule has 0 bridgehead atoms. The minimum absolute atomic E-state index is 0.130. The maximum atomic E-state index is 13.5. The molecule has 2 rings (SSSR count). The Hall–Kier alpha value is -1.32. The van der Waals surface area contributed by atoms with Crippen molar-refractivity contribution >= 4 is 23.2 Å². The Morgan fingerprint density at radius 1 is 1.28 bits per heavy atom. The minimum Gasteiger partial charge on any atom is -0.436 e. The van der Waals surface area contributed by atoms with Crippen molar-refractivity contribution in [1.29, 1.82) is 0 Å². The number of ether oxygens (including phenoxy) is 1. The van der Waals surface area contributed by atoms with Crippen molar-refractivity contribution < 1.29 is 9.13 Å². The second-order valence-corrected chi connectivity index (χ2v) is 4.42. The summed E-state index contributed by atoms with van der Waals surface area (Å²) >= 11 is 11.6. The van der Waals surface area contributed by atoms with Crippen LogP contribution in [0.4, 0.5) is 4.39 Å². The largest absolute Gasteiger partial charge is 0.436 e. The van der Waals surface area contributed by atoms with Crippen molar-refractivity contribution in [3.8, 4) is 11.6 Å². The van der Waals surface area contributed by atoms with Crippen molar-refractivity contribution in [1.82, 2.24) is 4.98 Å². The molecule has 0 unspecified atom stereocenters. The van der Waals surface area contributed by atoms with Gasteiger partial charge in [0.05, 0.1) is 16.6 Å². The van der Waals surface area contributed by atoms with E-state index >= 15 is 0 Å². The summed E-state index contributed by atoms with van der Waals surface area (Å²) in [6.07, 6.45) is 0. The van der Waals surface area contributed by atoms with Gasteiger partial charge in [0, 0.05) is 6.07 Å². The van der Waals surface area contributed by atoms with Crippen molar-refractivity contribution in [3.05, 3.63) is 52.4 Å². The maximum absolute atomic E-state index is 13.5. The Morgan fingerprint density at radius 2 is 2.06 bits per heavy atom. The lowest BCUT2D eigenvalue weighted by Crippen LogP contribution is -1.94. The van der Waals surface area contributed by atoms with Crippen molar-refractivity contribution in [3.63, 3.8) is 0 Å². The van der Waals surface area contributed by atoms with Crippen LogP contribution in [0.3, 0.4) is 0 Å². The molecule has 1 aromatic carbocycles. The predicted molar refractivity (Wildman–Crippen MR) is 70.0 cm³/mol. The van der Waals surface area contributed by atoms with E-state index in [1.54, 1.807) is 24.3 Å². The SMILES string of the molecule is Cc1ccc(F)c(Oc2ccc(Cl)c(CCl)n2)c1. The van der Waals surface area contributed by atoms with E-state index in [1.807, 2.05) is 6.92 Å². The van der Waals surface area contributed by atoms with E-state index in [9.17, 15) is 4.39 Å². The highest BCUT2D eigenvalue weighted by Crippen LogP contribution is 2.26. The first-order valence-electron chi connectivity index (χ1n) is 5.25. The van der Waals surface area contributed by atoms with E-state index < -0.39 is 5.82 Å². The van der Waals surface area contributed by atoms with Gasteiger partial charge in [-0.25, -0.2) is 9.37 Å². The normalized spacial score (nSPS) is 10.4. The lowest BCUT2D eigenvalue weighted by molar-refractivity contribution is 0.426. The summed E-state index contributed by atoms with van der Waals surface area (Å²) in [5, 5.41) is 0.460. The minimum atomic E-state index is -0.440. The maximum Gasteiger partial charge on any atom is 0.219 e. The number of halogens is 3. The van der Waals surface area contributed by atoms with Crippen LogP contribution in [0.5, 0.6) is 11.6 Å². The molecule has 1 aromatic heterocycles. The fourth-order valence-corrected chi connectivity index (χ4v) is 1.86. The fourth-order valence-electron chi connectivity index (χ4n) is 1.42. The van der Waals surface area contributed by atoms with Crippen LogP contribution < -0.4 is 4.74 Å². The van der Waals surface area contributed by atoms with E-state index in [1.165, 1.54) is 6.07 Å². The van der Waals surface area contributed by atoms with E-state index in [0.29, 0.717) is 10.7 Å². The fraction of sp³-hybridized carbons (Fsp3) is 0.154. The molecule has 0 radical (unpaired) electrons. The number of benzene rings is 1. The number of pyridine rings is 1. The average molecular weight is 286 g/mol. The first-order chi connectivity index (χ1) is 8.60. The highest BCUT2D eigenvalue weighted by atomic mass is 35.5. The van der Waals surface area contributed by atoms with Gasteiger partial charge in [0.25, 0.3) is 0 Å². The molecule has 18 heavy (non-hydrogen) atoms. The summed E-state index contributed by atoms with van der Waals surface area (Å²) in [6.45, 7) is 1.85. The zero-order valence-electron chi connectivity index (χ0n) is 9.58. The van der Waals surface area contributed by atoms with Gasteiger partial charge in [0.15, 0.2) is 11.6 Å². The smallest absolute Gasteiger partial charge is 0.219 e. The molecule has 0 fully saturated rings. The monoisotopic (exact) mass is 285 g/mol. The standard InChI is InChI=1S/C13H10Cl2FNO/c1-8-2-4-10(16)12(6-8)18-13-5-3-9(15)11(7-14)17-13/h2-6H,7H2,1H3. The highest BCUT2D eigenvalue weighted by molar-refractivity contribution is 6.32.